The molecule has 2 heteroatoms. The lowest BCUT2D eigenvalue weighted by Crippen LogP contribution is -2.31. The zero-order valence-electron chi connectivity index (χ0n) is 10.4. The van der Waals surface area contributed by atoms with E-state index in [1.54, 1.807) is 0 Å². The summed E-state index contributed by atoms with van der Waals surface area (Å²) in [5, 5.41) is 6.94. The highest BCUT2D eigenvalue weighted by Crippen LogP contribution is 2.31. The van der Waals surface area contributed by atoms with Gasteiger partial charge in [-0.25, -0.2) is 0 Å². The summed E-state index contributed by atoms with van der Waals surface area (Å²) >= 11 is 0. The fourth-order valence-electron chi connectivity index (χ4n) is 2.38. The molecule has 1 aliphatic rings. The predicted molar refractivity (Wildman–Crippen MR) is 76.2 cm³/mol. The van der Waals surface area contributed by atoms with Gasteiger partial charge in [0.15, 0.2) is 0 Å². The average Bonchev–Trinajstić information content (AvgIpc) is 2.39. The van der Waals surface area contributed by atoms with Crippen LogP contribution in [0.3, 0.4) is 0 Å². The lowest BCUT2D eigenvalue weighted by molar-refractivity contribution is 0.699. The maximum Gasteiger partial charge on any atom is 0.123 e. The second-order valence-electron chi connectivity index (χ2n) is 4.60. The first-order valence-electron chi connectivity index (χ1n) is 6.12. The second kappa shape index (κ2) is 4.22. The highest BCUT2D eigenvalue weighted by atomic mass is 15.2. The molecular weight excluding hydrogens is 220 g/mol. The Bertz CT molecular complexity index is 602. The molecule has 1 unspecified atom stereocenters. The van der Waals surface area contributed by atoms with Gasteiger partial charge in [-0.3, -0.25) is 0 Å². The molecule has 1 atom stereocenters. The number of para-hydroxylation sites is 1. The molecule has 2 aromatic carbocycles. The van der Waals surface area contributed by atoms with Crippen LogP contribution in [0.25, 0.3) is 5.70 Å². The van der Waals surface area contributed by atoms with Crippen molar-refractivity contribution in [1.29, 1.82) is 0 Å². The third-order valence-electron chi connectivity index (χ3n) is 3.37. The molecule has 0 aromatic heterocycles. The summed E-state index contributed by atoms with van der Waals surface area (Å²) in [6, 6.07) is 16.6. The monoisotopic (exact) mass is 236 g/mol. The Labute approximate surface area is 107 Å². The van der Waals surface area contributed by atoms with Crippen molar-refractivity contribution in [2.45, 2.75) is 13.1 Å². The summed E-state index contributed by atoms with van der Waals surface area (Å²) in [4.78, 5) is 0. The van der Waals surface area contributed by atoms with Crippen molar-refractivity contribution in [1.82, 2.24) is 5.32 Å². The molecular formula is C16H16N2. The highest BCUT2D eigenvalue weighted by Gasteiger charge is 2.21. The summed E-state index contributed by atoms with van der Waals surface area (Å²) in [7, 11) is 0. The summed E-state index contributed by atoms with van der Waals surface area (Å²) in [6.45, 7) is 6.24. The smallest absolute Gasteiger partial charge is 0.123 e. The van der Waals surface area contributed by atoms with Gasteiger partial charge in [0.25, 0.3) is 0 Å². The van der Waals surface area contributed by atoms with E-state index in [0.29, 0.717) is 0 Å². The van der Waals surface area contributed by atoms with Crippen LogP contribution in [0.4, 0.5) is 5.69 Å². The molecule has 2 nitrogen and oxygen atoms in total. The first kappa shape index (κ1) is 10.9. The van der Waals surface area contributed by atoms with Gasteiger partial charge in [-0.1, -0.05) is 49.0 Å². The van der Waals surface area contributed by atoms with Gasteiger partial charge in [0.2, 0.25) is 0 Å². The number of benzene rings is 2. The number of fused-ring (bicyclic) bond motifs is 1. The van der Waals surface area contributed by atoms with Crippen molar-refractivity contribution in [2.75, 3.05) is 5.32 Å². The van der Waals surface area contributed by atoms with Crippen LogP contribution in [-0.4, -0.2) is 0 Å². The number of rotatable bonds is 1. The van der Waals surface area contributed by atoms with Gasteiger partial charge in [0, 0.05) is 16.9 Å². The average molecular weight is 236 g/mol. The van der Waals surface area contributed by atoms with Gasteiger partial charge in [-0.15, -0.1) is 0 Å². The molecule has 0 spiro atoms. The summed E-state index contributed by atoms with van der Waals surface area (Å²) in [6.07, 6.45) is 0.0913. The first-order valence-corrected chi connectivity index (χ1v) is 6.12. The van der Waals surface area contributed by atoms with E-state index in [1.165, 1.54) is 11.1 Å². The first-order chi connectivity index (χ1) is 8.75. The molecule has 0 saturated heterocycles. The zero-order chi connectivity index (χ0) is 12.5. The van der Waals surface area contributed by atoms with E-state index in [-0.39, 0.29) is 6.17 Å². The number of anilines is 1. The van der Waals surface area contributed by atoms with Crippen molar-refractivity contribution in [3.05, 3.63) is 71.8 Å². The third-order valence-corrected chi connectivity index (χ3v) is 3.37. The van der Waals surface area contributed by atoms with E-state index < -0.39 is 0 Å². The fourth-order valence-corrected chi connectivity index (χ4v) is 2.38. The maximum atomic E-state index is 4.11. The van der Waals surface area contributed by atoms with Crippen molar-refractivity contribution in [3.63, 3.8) is 0 Å². The quantitative estimate of drug-likeness (QED) is 0.789. The molecule has 1 heterocycles. The van der Waals surface area contributed by atoms with Crippen LogP contribution < -0.4 is 10.6 Å². The normalized spacial score (nSPS) is 17.6. The number of hydrogen-bond donors (Lipinski definition) is 2. The van der Waals surface area contributed by atoms with Gasteiger partial charge in [-0.2, -0.15) is 0 Å². The van der Waals surface area contributed by atoms with Crippen molar-refractivity contribution >= 4 is 11.4 Å². The third kappa shape index (κ3) is 1.76. The molecule has 90 valence electrons. The van der Waals surface area contributed by atoms with Gasteiger partial charge in [0.05, 0.1) is 0 Å². The van der Waals surface area contributed by atoms with Crippen molar-refractivity contribution in [2.24, 2.45) is 0 Å². The van der Waals surface area contributed by atoms with Crippen LogP contribution in [0.15, 0.2) is 55.1 Å². The molecule has 0 saturated carbocycles. The Morgan fingerprint density at radius 2 is 1.67 bits per heavy atom. The van der Waals surface area contributed by atoms with E-state index in [9.17, 15) is 0 Å². The SMILES string of the molecule is C=C1NC(c2ccccc2C)Nc2ccccc21. The van der Waals surface area contributed by atoms with Crippen LogP contribution >= 0.6 is 0 Å². The molecule has 0 amide bonds. The molecule has 0 aliphatic carbocycles. The van der Waals surface area contributed by atoms with E-state index in [0.717, 1.165) is 16.9 Å². The Balaban J connectivity index is 2.00. The molecule has 0 radical (unpaired) electrons. The van der Waals surface area contributed by atoms with Gasteiger partial charge in [0.1, 0.15) is 6.17 Å². The molecule has 2 N–H and O–H groups in total. The molecule has 0 fully saturated rings. The number of aryl methyl sites for hydroxylation is 1. The summed E-state index contributed by atoms with van der Waals surface area (Å²) in [5.41, 5.74) is 5.78. The number of nitrogens with one attached hydrogen (secondary N) is 2. The minimum Gasteiger partial charge on any atom is -0.362 e. The van der Waals surface area contributed by atoms with Gasteiger partial charge >= 0.3 is 0 Å². The Morgan fingerprint density at radius 1 is 0.944 bits per heavy atom. The van der Waals surface area contributed by atoms with Crippen LogP contribution in [0.5, 0.6) is 0 Å². The molecule has 0 bridgehead atoms. The van der Waals surface area contributed by atoms with Crippen LogP contribution in [0.1, 0.15) is 22.9 Å². The van der Waals surface area contributed by atoms with Gasteiger partial charge < -0.3 is 10.6 Å². The lowest BCUT2D eigenvalue weighted by atomic mass is 10.0. The van der Waals surface area contributed by atoms with Gasteiger partial charge in [-0.05, 0) is 24.1 Å². The molecule has 3 rings (SSSR count). The maximum absolute atomic E-state index is 4.11. The minimum atomic E-state index is 0.0913. The summed E-state index contributed by atoms with van der Waals surface area (Å²) < 4.78 is 0. The van der Waals surface area contributed by atoms with E-state index in [1.807, 2.05) is 12.1 Å². The van der Waals surface area contributed by atoms with Crippen molar-refractivity contribution < 1.29 is 0 Å². The Morgan fingerprint density at radius 3 is 2.50 bits per heavy atom. The van der Waals surface area contributed by atoms with Crippen LogP contribution in [0.2, 0.25) is 0 Å². The van der Waals surface area contributed by atoms with E-state index >= 15 is 0 Å². The lowest BCUT2D eigenvalue weighted by Gasteiger charge is -2.31. The standard InChI is InChI=1S/C16H16N2/c1-11-7-3-4-8-13(11)16-17-12(2)14-9-5-6-10-15(14)18-16/h3-10,16-18H,2H2,1H3. The van der Waals surface area contributed by atoms with E-state index in [4.69, 9.17) is 0 Å². The van der Waals surface area contributed by atoms with Crippen LogP contribution in [-0.2, 0) is 0 Å². The molecule has 2 aromatic rings. The number of hydrogen-bond acceptors (Lipinski definition) is 2. The fraction of sp³-hybridized carbons (Fsp3) is 0.125. The Hall–Kier alpha value is -2.22. The molecule has 1 aliphatic heterocycles. The Kier molecular flexibility index (Phi) is 2.56. The zero-order valence-corrected chi connectivity index (χ0v) is 10.4. The topological polar surface area (TPSA) is 24.1 Å². The van der Waals surface area contributed by atoms with Crippen molar-refractivity contribution in [3.8, 4) is 0 Å². The van der Waals surface area contributed by atoms with E-state index in [2.05, 4.69) is 60.5 Å². The highest BCUT2D eigenvalue weighted by molar-refractivity contribution is 5.77. The minimum absolute atomic E-state index is 0.0913. The molecule has 18 heavy (non-hydrogen) atoms. The second-order valence-corrected chi connectivity index (χ2v) is 4.60. The largest absolute Gasteiger partial charge is 0.362 e. The van der Waals surface area contributed by atoms with Crippen LogP contribution in [0, 0.1) is 6.92 Å². The summed E-state index contributed by atoms with van der Waals surface area (Å²) in [5.74, 6) is 0. The predicted octanol–water partition coefficient (Wildman–Crippen LogP) is 3.68.